The SMILES string of the molecule is CC1CCCCN1C(=O)c1cc2c(s1)C1(CCN(C)CC1)OCC2. The second kappa shape index (κ2) is 6.43. The molecular weight excluding hydrogens is 320 g/mol. The average Bonchev–Trinajstić information content (AvgIpc) is 3.03. The Morgan fingerprint density at radius 2 is 2.08 bits per heavy atom. The van der Waals surface area contributed by atoms with Crippen molar-refractivity contribution in [3.8, 4) is 0 Å². The van der Waals surface area contributed by atoms with Crippen molar-refractivity contribution in [1.29, 1.82) is 0 Å². The van der Waals surface area contributed by atoms with Crippen LogP contribution in [0.3, 0.4) is 0 Å². The van der Waals surface area contributed by atoms with Crippen molar-refractivity contribution in [3.05, 3.63) is 21.4 Å². The summed E-state index contributed by atoms with van der Waals surface area (Å²) < 4.78 is 6.30. The molecule has 132 valence electrons. The molecule has 1 aromatic rings. The van der Waals surface area contributed by atoms with Crippen LogP contribution in [0, 0.1) is 0 Å². The van der Waals surface area contributed by atoms with Crippen LogP contribution in [0.5, 0.6) is 0 Å². The van der Waals surface area contributed by atoms with Gasteiger partial charge >= 0.3 is 0 Å². The van der Waals surface area contributed by atoms with Crippen molar-refractivity contribution in [2.24, 2.45) is 0 Å². The lowest BCUT2D eigenvalue weighted by Crippen LogP contribution is -2.44. The number of likely N-dealkylation sites (tertiary alicyclic amines) is 2. The van der Waals surface area contributed by atoms with Gasteiger partial charge in [0.2, 0.25) is 0 Å². The molecule has 0 bridgehead atoms. The Bertz CT molecular complexity index is 619. The molecule has 3 aliphatic heterocycles. The number of hydrogen-bond acceptors (Lipinski definition) is 4. The van der Waals surface area contributed by atoms with E-state index in [4.69, 9.17) is 4.74 Å². The highest BCUT2D eigenvalue weighted by atomic mass is 32.1. The molecule has 0 aromatic carbocycles. The lowest BCUT2D eigenvalue weighted by Gasteiger charge is -2.42. The van der Waals surface area contributed by atoms with Crippen LogP contribution in [-0.2, 0) is 16.8 Å². The van der Waals surface area contributed by atoms with Crippen molar-refractivity contribution in [2.45, 2.75) is 57.1 Å². The molecule has 1 aromatic heterocycles. The molecule has 3 aliphatic rings. The van der Waals surface area contributed by atoms with Crippen molar-refractivity contribution in [1.82, 2.24) is 9.80 Å². The zero-order valence-electron chi connectivity index (χ0n) is 14.8. The van der Waals surface area contributed by atoms with Crippen LogP contribution in [0.4, 0.5) is 0 Å². The number of amides is 1. The first-order valence-electron chi connectivity index (χ1n) is 9.36. The van der Waals surface area contributed by atoms with E-state index in [9.17, 15) is 4.79 Å². The summed E-state index contributed by atoms with van der Waals surface area (Å²) in [6.45, 7) is 6.04. The van der Waals surface area contributed by atoms with E-state index in [0.717, 1.165) is 63.2 Å². The highest BCUT2D eigenvalue weighted by Gasteiger charge is 2.42. The number of rotatable bonds is 1. The monoisotopic (exact) mass is 348 g/mol. The van der Waals surface area contributed by atoms with Gasteiger partial charge in [0.25, 0.3) is 5.91 Å². The van der Waals surface area contributed by atoms with E-state index in [1.807, 2.05) is 0 Å². The Labute approximate surface area is 148 Å². The molecule has 5 heteroatoms. The third-order valence-electron chi connectivity index (χ3n) is 6.04. The van der Waals surface area contributed by atoms with Gasteiger partial charge in [-0.15, -0.1) is 11.3 Å². The Morgan fingerprint density at radius 3 is 2.83 bits per heavy atom. The van der Waals surface area contributed by atoms with E-state index in [1.54, 1.807) is 11.3 Å². The molecule has 1 unspecified atom stereocenters. The molecule has 0 radical (unpaired) electrons. The van der Waals surface area contributed by atoms with Crippen LogP contribution >= 0.6 is 11.3 Å². The molecule has 24 heavy (non-hydrogen) atoms. The minimum Gasteiger partial charge on any atom is -0.369 e. The highest BCUT2D eigenvalue weighted by Crippen LogP contribution is 2.45. The normalized spacial score (nSPS) is 27.2. The van der Waals surface area contributed by atoms with Crippen LogP contribution in [0.2, 0.25) is 0 Å². The molecule has 1 spiro atoms. The third kappa shape index (κ3) is 2.80. The number of nitrogens with zero attached hydrogens (tertiary/aromatic N) is 2. The molecule has 2 saturated heterocycles. The lowest BCUT2D eigenvalue weighted by molar-refractivity contribution is -0.0921. The van der Waals surface area contributed by atoms with E-state index < -0.39 is 0 Å². The molecule has 1 atom stereocenters. The first-order chi connectivity index (χ1) is 11.6. The summed E-state index contributed by atoms with van der Waals surface area (Å²) in [5, 5.41) is 0. The molecule has 0 N–H and O–H groups in total. The van der Waals surface area contributed by atoms with E-state index >= 15 is 0 Å². The van der Waals surface area contributed by atoms with Crippen molar-refractivity contribution in [2.75, 3.05) is 33.3 Å². The molecule has 0 aliphatic carbocycles. The first kappa shape index (κ1) is 16.6. The molecule has 4 heterocycles. The number of thiophene rings is 1. The summed E-state index contributed by atoms with van der Waals surface area (Å²) in [7, 11) is 2.18. The zero-order valence-corrected chi connectivity index (χ0v) is 15.7. The summed E-state index contributed by atoms with van der Waals surface area (Å²) in [4.78, 5) is 19.8. The van der Waals surface area contributed by atoms with Gasteiger partial charge in [0, 0.05) is 30.6 Å². The van der Waals surface area contributed by atoms with Gasteiger partial charge < -0.3 is 14.5 Å². The minimum absolute atomic E-state index is 0.128. The van der Waals surface area contributed by atoms with Gasteiger partial charge in [-0.2, -0.15) is 0 Å². The molecule has 0 saturated carbocycles. The van der Waals surface area contributed by atoms with Gasteiger partial charge in [-0.05, 0) is 64.1 Å². The zero-order chi connectivity index (χ0) is 16.7. The number of carbonyl (C=O) groups excluding carboxylic acids is 1. The van der Waals surface area contributed by atoms with E-state index in [1.165, 1.54) is 16.9 Å². The quantitative estimate of drug-likeness (QED) is 0.781. The standard InChI is InChI=1S/C19H28N2O2S/c1-14-5-3-4-9-21(14)18(22)16-13-15-6-12-23-19(17(15)24-16)7-10-20(2)11-8-19/h13-14H,3-12H2,1-2H3. The number of fused-ring (bicyclic) bond motifs is 2. The second-order valence-electron chi connectivity index (χ2n) is 7.70. The Morgan fingerprint density at radius 1 is 1.29 bits per heavy atom. The van der Waals surface area contributed by atoms with Gasteiger partial charge in [-0.25, -0.2) is 0 Å². The molecule has 4 rings (SSSR count). The molecular formula is C19H28N2O2S. The van der Waals surface area contributed by atoms with Gasteiger partial charge in [0.1, 0.15) is 5.60 Å². The van der Waals surface area contributed by atoms with Crippen LogP contribution in [0.1, 0.15) is 59.1 Å². The van der Waals surface area contributed by atoms with Gasteiger partial charge in [0.15, 0.2) is 0 Å². The third-order valence-corrected chi connectivity index (χ3v) is 7.39. The summed E-state index contributed by atoms with van der Waals surface area (Å²) in [5.41, 5.74) is 1.24. The predicted molar refractivity (Wildman–Crippen MR) is 96.7 cm³/mol. The Hall–Kier alpha value is -0.910. The maximum Gasteiger partial charge on any atom is 0.264 e. The van der Waals surface area contributed by atoms with Gasteiger partial charge in [-0.1, -0.05) is 0 Å². The van der Waals surface area contributed by atoms with Crippen LogP contribution in [0.15, 0.2) is 6.07 Å². The molecule has 1 amide bonds. The molecule has 4 nitrogen and oxygen atoms in total. The number of hydrogen-bond donors (Lipinski definition) is 0. The number of piperidine rings is 2. The highest BCUT2D eigenvalue weighted by molar-refractivity contribution is 7.14. The largest absolute Gasteiger partial charge is 0.369 e. The maximum atomic E-state index is 13.0. The topological polar surface area (TPSA) is 32.8 Å². The Kier molecular flexibility index (Phi) is 4.43. The van der Waals surface area contributed by atoms with Gasteiger partial charge in [-0.3, -0.25) is 4.79 Å². The van der Waals surface area contributed by atoms with Gasteiger partial charge in [0.05, 0.1) is 11.5 Å². The van der Waals surface area contributed by atoms with E-state index in [0.29, 0.717) is 6.04 Å². The summed E-state index contributed by atoms with van der Waals surface area (Å²) in [6.07, 6.45) is 6.56. The fourth-order valence-corrected chi connectivity index (χ4v) is 5.79. The smallest absolute Gasteiger partial charge is 0.264 e. The lowest BCUT2D eigenvalue weighted by atomic mass is 9.85. The minimum atomic E-state index is -0.128. The maximum absolute atomic E-state index is 13.0. The van der Waals surface area contributed by atoms with E-state index in [2.05, 4.69) is 29.8 Å². The Balaban J connectivity index is 1.61. The van der Waals surface area contributed by atoms with Crippen LogP contribution < -0.4 is 0 Å². The molecule has 2 fully saturated rings. The van der Waals surface area contributed by atoms with Crippen molar-refractivity contribution < 1.29 is 9.53 Å². The van der Waals surface area contributed by atoms with E-state index in [-0.39, 0.29) is 11.5 Å². The fraction of sp³-hybridized carbons (Fsp3) is 0.737. The fourth-order valence-electron chi connectivity index (χ4n) is 4.42. The predicted octanol–water partition coefficient (Wildman–Crippen LogP) is 3.26. The number of ether oxygens (including phenoxy) is 1. The second-order valence-corrected chi connectivity index (χ2v) is 8.76. The first-order valence-corrected chi connectivity index (χ1v) is 10.2. The number of carbonyl (C=O) groups is 1. The average molecular weight is 349 g/mol. The van der Waals surface area contributed by atoms with Crippen LogP contribution in [0.25, 0.3) is 0 Å². The summed E-state index contributed by atoms with van der Waals surface area (Å²) in [5.74, 6) is 0.240. The summed E-state index contributed by atoms with van der Waals surface area (Å²) in [6, 6.07) is 2.55. The van der Waals surface area contributed by atoms with Crippen LogP contribution in [-0.4, -0.2) is 55.0 Å². The van der Waals surface area contributed by atoms with Crippen molar-refractivity contribution >= 4 is 17.2 Å². The summed E-state index contributed by atoms with van der Waals surface area (Å²) >= 11 is 1.71. The van der Waals surface area contributed by atoms with Crippen molar-refractivity contribution in [3.63, 3.8) is 0 Å².